The molecule has 0 spiro atoms. The minimum Gasteiger partial charge on any atom is -0.495 e. The summed E-state index contributed by atoms with van der Waals surface area (Å²) >= 11 is 1.44. The number of anilines is 1. The highest BCUT2D eigenvalue weighted by Gasteiger charge is 2.20. The maximum Gasteiger partial charge on any atom is 0.237 e. The van der Waals surface area contributed by atoms with E-state index in [4.69, 9.17) is 9.47 Å². The average Bonchev–Trinajstić information content (AvgIpc) is 2.87. The van der Waals surface area contributed by atoms with Gasteiger partial charge in [-0.3, -0.25) is 4.79 Å². The lowest BCUT2D eigenvalue weighted by Gasteiger charge is -2.15. The van der Waals surface area contributed by atoms with Crippen LogP contribution in [0.25, 0.3) is 0 Å². The number of thioether (sulfide) groups is 1. The number of amides is 1. The summed E-state index contributed by atoms with van der Waals surface area (Å²) in [7, 11) is 3.26. The number of nitrogens with zero attached hydrogens (tertiary/aromatic N) is 2. The summed E-state index contributed by atoms with van der Waals surface area (Å²) in [6.45, 7) is 7.19. The maximum absolute atomic E-state index is 12.6. The van der Waals surface area contributed by atoms with E-state index < -0.39 is 0 Å². The third-order valence-electron chi connectivity index (χ3n) is 3.96. The van der Waals surface area contributed by atoms with Gasteiger partial charge < -0.3 is 19.4 Å². The fourth-order valence-electron chi connectivity index (χ4n) is 2.35. The number of methoxy groups -OCH3 is 2. The van der Waals surface area contributed by atoms with Crippen LogP contribution in [-0.2, 0) is 16.1 Å². The number of carbonyl (C=O) groups excluding carboxylic acids is 1. The van der Waals surface area contributed by atoms with Crippen LogP contribution < -0.4 is 10.1 Å². The summed E-state index contributed by atoms with van der Waals surface area (Å²) in [5.41, 5.74) is 2.73. The first-order chi connectivity index (χ1) is 12.0. The minimum absolute atomic E-state index is 0.0916. The molecule has 25 heavy (non-hydrogen) atoms. The lowest BCUT2D eigenvalue weighted by atomic mass is 10.3. The zero-order valence-electron chi connectivity index (χ0n) is 15.3. The predicted molar refractivity (Wildman–Crippen MR) is 101 cm³/mol. The van der Waals surface area contributed by atoms with E-state index in [0.29, 0.717) is 24.6 Å². The van der Waals surface area contributed by atoms with Gasteiger partial charge in [-0.15, -0.1) is 0 Å². The topological polar surface area (TPSA) is 65.4 Å². The lowest BCUT2D eigenvalue weighted by molar-refractivity contribution is -0.115. The van der Waals surface area contributed by atoms with Crippen molar-refractivity contribution in [3.8, 4) is 5.75 Å². The van der Waals surface area contributed by atoms with Crippen LogP contribution in [0.5, 0.6) is 5.75 Å². The van der Waals surface area contributed by atoms with Gasteiger partial charge in [0.15, 0.2) is 5.16 Å². The highest BCUT2D eigenvalue weighted by atomic mass is 32.2. The van der Waals surface area contributed by atoms with E-state index in [1.807, 2.05) is 45.0 Å². The van der Waals surface area contributed by atoms with Gasteiger partial charge >= 0.3 is 0 Å². The van der Waals surface area contributed by atoms with E-state index in [9.17, 15) is 4.79 Å². The molecular weight excluding hydrogens is 338 g/mol. The number of hydrogen-bond acceptors (Lipinski definition) is 5. The molecule has 6 nitrogen and oxygen atoms in total. The van der Waals surface area contributed by atoms with E-state index >= 15 is 0 Å². The molecule has 7 heteroatoms. The van der Waals surface area contributed by atoms with Gasteiger partial charge in [0, 0.05) is 19.3 Å². The maximum atomic E-state index is 12.6. The molecular formula is C18H25N3O3S. The number of aryl methyl sites for hydroxylation is 1. The number of para-hydroxylation sites is 2. The number of aromatic nitrogens is 2. The first-order valence-corrected chi connectivity index (χ1v) is 8.99. The highest BCUT2D eigenvalue weighted by Crippen LogP contribution is 2.28. The summed E-state index contributed by atoms with van der Waals surface area (Å²) in [5, 5.41) is 3.45. The fourth-order valence-corrected chi connectivity index (χ4v) is 3.38. The van der Waals surface area contributed by atoms with Crippen molar-refractivity contribution in [1.29, 1.82) is 0 Å². The second-order valence-corrected chi connectivity index (χ2v) is 6.97. The van der Waals surface area contributed by atoms with Gasteiger partial charge in [0.05, 0.1) is 30.3 Å². The van der Waals surface area contributed by atoms with Crippen LogP contribution in [0.15, 0.2) is 29.4 Å². The molecule has 0 radical (unpaired) electrons. The van der Waals surface area contributed by atoms with Crippen LogP contribution in [0.3, 0.4) is 0 Å². The smallest absolute Gasteiger partial charge is 0.237 e. The Morgan fingerprint density at radius 2 is 2.04 bits per heavy atom. The van der Waals surface area contributed by atoms with E-state index in [2.05, 4.69) is 14.9 Å². The molecule has 0 aliphatic carbocycles. The van der Waals surface area contributed by atoms with Crippen LogP contribution in [0, 0.1) is 13.8 Å². The van der Waals surface area contributed by atoms with E-state index in [1.165, 1.54) is 11.8 Å². The van der Waals surface area contributed by atoms with Crippen LogP contribution >= 0.6 is 11.8 Å². The Balaban J connectivity index is 2.10. The monoisotopic (exact) mass is 363 g/mol. The number of imidazole rings is 1. The molecule has 0 fully saturated rings. The summed E-state index contributed by atoms with van der Waals surface area (Å²) < 4.78 is 12.5. The van der Waals surface area contributed by atoms with Crippen molar-refractivity contribution in [2.24, 2.45) is 0 Å². The first-order valence-electron chi connectivity index (χ1n) is 8.11. The molecule has 0 saturated heterocycles. The SMILES string of the molecule is COCCn1c(SC(C)C(=O)Nc2ccccc2OC)nc(C)c1C. The van der Waals surface area contributed by atoms with Gasteiger partial charge in [-0.2, -0.15) is 0 Å². The molecule has 1 unspecified atom stereocenters. The fraction of sp³-hybridized carbons (Fsp3) is 0.444. The van der Waals surface area contributed by atoms with E-state index in [-0.39, 0.29) is 11.2 Å². The molecule has 2 rings (SSSR count). The van der Waals surface area contributed by atoms with Crippen LogP contribution in [-0.4, -0.2) is 41.5 Å². The number of ether oxygens (including phenoxy) is 2. The van der Waals surface area contributed by atoms with Crippen molar-refractivity contribution in [2.75, 3.05) is 26.1 Å². The standard InChI is InChI=1S/C18H25N3O3S/c1-12-13(2)21(10-11-23-4)18(19-12)25-14(3)17(22)20-15-8-6-7-9-16(15)24-5/h6-9,14H,10-11H2,1-5H3,(H,20,22). The second kappa shape index (κ2) is 8.92. The Kier molecular flexibility index (Phi) is 6.90. The third kappa shape index (κ3) is 4.76. The highest BCUT2D eigenvalue weighted by molar-refractivity contribution is 8.00. The van der Waals surface area contributed by atoms with Gasteiger partial charge in [-0.05, 0) is 32.9 Å². The van der Waals surface area contributed by atoms with Crippen molar-refractivity contribution in [1.82, 2.24) is 9.55 Å². The quantitative estimate of drug-likeness (QED) is 0.729. The molecule has 136 valence electrons. The molecule has 2 aromatic rings. The molecule has 1 N–H and O–H groups in total. The molecule has 1 atom stereocenters. The Hall–Kier alpha value is -1.99. The number of nitrogens with one attached hydrogen (secondary N) is 1. The zero-order valence-corrected chi connectivity index (χ0v) is 16.1. The summed E-state index contributed by atoms with van der Waals surface area (Å²) in [4.78, 5) is 17.1. The van der Waals surface area contributed by atoms with E-state index in [0.717, 1.165) is 16.5 Å². The predicted octanol–water partition coefficient (Wildman–Crippen LogP) is 3.27. The summed E-state index contributed by atoms with van der Waals surface area (Å²) in [6.07, 6.45) is 0. The largest absolute Gasteiger partial charge is 0.495 e. The molecule has 1 amide bonds. The molecule has 0 aliphatic rings. The van der Waals surface area contributed by atoms with Gasteiger partial charge in [0.2, 0.25) is 5.91 Å². The second-order valence-electron chi connectivity index (χ2n) is 5.66. The van der Waals surface area contributed by atoms with Gasteiger partial charge in [0.1, 0.15) is 5.75 Å². The Morgan fingerprint density at radius 3 is 2.72 bits per heavy atom. The molecule has 0 saturated carbocycles. The number of benzene rings is 1. The van der Waals surface area contributed by atoms with Crippen LogP contribution in [0.2, 0.25) is 0 Å². The van der Waals surface area contributed by atoms with Crippen molar-refractivity contribution < 1.29 is 14.3 Å². The molecule has 1 aromatic carbocycles. The summed E-state index contributed by atoms with van der Waals surface area (Å²) in [6, 6.07) is 7.37. The van der Waals surface area contributed by atoms with Crippen molar-refractivity contribution in [3.63, 3.8) is 0 Å². The number of rotatable bonds is 8. The molecule has 1 aromatic heterocycles. The number of hydrogen-bond donors (Lipinski definition) is 1. The normalized spacial score (nSPS) is 12.0. The van der Waals surface area contributed by atoms with Crippen molar-refractivity contribution in [3.05, 3.63) is 35.7 Å². The van der Waals surface area contributed by atoms with E-state index in [1.54, 1.807) is 14.2 Å². The van der Waals surface area contributed by atoms with Gasteiger partial charge in [0.25, 0.3) is 0 Å². The average molecular weight is 363 g/mol. The van der Waals surface area contributed by atoms with Crippen LogP contribution in [0.4, 0.5) is 5.69 Å². The lowest BCUT2D eigenvalue weighted by Crippen LogP contribution is -2.23. The molecule has 0 bridgehead atoms. The Morgan fingerprint density at radius 1 is 1.32 bits per heavy atom. The minimum atomic E-state index is -0.299. The number of carbonyl (C=O) groups is 1. The third-order valence-corrected chi connectivity index (χ3v) is 5.05. The Bertz CT molecular complexity index is 730. The summed E-state index contributed by atoms with van der Waals surface area (Å²) in [5.74, 6) is 0.549. The van der Waals surface area contributed by atoms with Gasteiger partial charge in [-0.25, -0.2) is 4.98 Å². The Labute approximate surface area is 152 Å². The van der Waals surface area contributed by atoms with Gasteiger partial charge in [-0.1, -0.05) is 23.9 Å². The van der Waals surface area contributed by atoms with Crippen molar-refractivity contribution >= 4 is 23.4 Å². The molecule has 0 aliphatic heterocycles. The first kappa shape index (κ1) is 19.3. The molecule has 1 heterocycles. The van der Waals surface area contributed by atoms with Crippen molar-refractivity contribution in [2.45, 2.75) is 37.7 Å². The van der Waals surface area contributed by atoms with Crippen LogP contribution in [0.1, 0.15) is 18.3 Å². The zero-order chi connectivity index (χ0) is 18.4.